The number of nitrogens with zero attached hydrogens (tertiary/aromatic N) is 3. The van der Waals surface area contributed by atoms with Crippen LogP contribution in [0.2, 0.25) is 0 Å². The minimum atomic E-state index is -5.08. The normalized spacial score (nSPS) is 21.8. The molecule has 4 rings (SSSR count). The van der Waals surface area contributed by atoms with E-state index in [1.54, 1.807) is 6.20 Å². The molecule has 0 bridgehead atoms. The fourth-order valence-electron chi connectivity index (χ4n) is 4.56. The molecule has 34 heavy (non-hydrogen) atoms. The van der Waals surface area contributed by atoms with Crippen molar-refractivity contribution in [3.63, 3.8) is 0 Å². The first-order valence-electron chi connectivity index (χ1n) is 11.3. The first kappa shape index (κ1) is 25.9. The van der Waals surface area contributed by atoms with Crippen LogP contribution in [-0.4, -0.2) is 83.4 Å². The van der Waals surface area contributed by atoms with Crippen molar-refractivity contribution in [3.05, 3.63) is 42.1 Å². The van der Waals surface area contributed by atoms with Crippen LogP contribution in [0.1, 0.15) is 37.0 Å². The molecule has 2 aliphatic heterocycles. The number of aliphatic carboxylic acids is 1. The van der Waals surface area contributed by atoms with Gasteiger partial charge in [-0.1, -0.05) is 12.1 Å². The number of ether oxygens (including phenoxy) is 1. The molecule has 2 aromatic rings. The first-order valence-corrected chi connectivity index (χ1v) is 11.3. The van der Waals surface area contributed by atoms with Gasteiger partial charge in [-0.15, -0.1) is 0 Å². The van der Waals surface area contributed by atoms with Gasteiger partial charge in [-0.25, -0.2) is 4.79 Å². The Morgan fingerprint density at radius 3 is 2.56 bits per heavy atom. The van der Waals surface area contributed by atoms with Crippen LogP contribution < -0.4 is 0 Å². The molecule has 7 nitrogen and oxygen atoms in total. The minimum Gasteiger partial charge on any atom is -0.475 e. The molecule has 3 heterocycles. The smallest absolute Gasteiger partial charge is 0.475 e. The molecule has 2 fully saturated rings. The van der Waals surface area contributed by atoms with Crippen LogP contribution in [0.25, 0.3) is 10.9 Å². The number of carbonyl (C=O) groups excluding carboxylic acids is 1. The summed E-state index contributed by atoms with van der Waals surface area (Å²) in [5.41, 5.74) is 1.67. The van der Waals surface area contributed by atoms with Crippen molar-refractivity contribution in [1.82, 2.24) is 14.8 Å². The second-order valence-electron chi connectivity index (χ2n) is 9.13. The lowest BCUT2D eigenvalue weighted by molar-refractivity contribution is -0.192. The molecule has 1 amide bonds. The van der Waals surface area contributed by atoms with Gasteiger partial charge in [-0.05, 0) is 44.9 Å². The van der Waals surface area contributed by atoms with E-state index in [-0.39, 0.29) is 11.3 Å². The van der Waals surface area contributed by atoms with Gasteiger partial charge in [0.2, 0.25) is 0 Å². The van der Waals surface area contributed by atoms with E-state index in [0.717, 1.165) is 68.7 Å². The number of aromatic nitrogens is 1. The molecular formula is C24H30F3N3O4. The molecule has 1 atom stereocenters. The summed E-state index contributed by atoms with van der Waals surface area (Å²) in [6, 6.07) is 10.2. The summed E-state index contributed by atoms with van der Waals surface area (Å²) in [5, 5.41) is 8.06. The standard InChI is InChI=1S/C22H29N3O2.C2HF3O2/c1-17(2)24-12-13-27-16-22(14-24)9-5-11-25(15-22)21(26)19-6-3-8-20-18(19)7-4-10-23-20;3-2(4,5)1(6)7/h3-4,6-8,10,17H,5,9,11-16H2,1-2H3;(H,6,7). The van der Waals surface area contributed by atoms with Crippen molar-refractivity contribution in [3.8, 4) is 0 Å². The SMILES string of the molecule is CC(C)N1CCOCC2(CCCN(C(=O)c3cccc4ncccc34)C2)C1.O=C(O)C(F)(F)F. The maximum Gasteiger partial charge on any atom is 0.490 e. The molecule has 1 spiro atoms. The summed E-state index contributed by atoms with van der Waals surface area (Å²) in [4.78, 5) is 31.2. The number of carboxylic acid groups (broad SMARTS) is 1. The quantitative estimate of drug-likeness (QED) is 0.702. The summed E-state index contributed by atoms with van der Waals surface area (Å²) in [6.07, 6.45) is -1.16. The van der Waals surface area contributed by atoms with Gasteiger partial charge in [-0.2, -0.15) is 13.2 Å². The summed E-state index contributed by atoms with van der Waals surface area (Å²) in [5.74, 6) is -2.64. The number of benzene rings is 1. The number of carboxylic acids is 1. The Labute approximate surface area is 196 Å². The lowest BCUT2D eigenvalue weighted by Crippen LogP contribution is -2.53. The predicted octanol–water partition coefficient (Wildman–Crippen LogP) is 3.83. The largest absolute Gasteiger partial charge is 0.490 e. The molecule has 2 saturated heterocycles. The lowest BCUT2D eigenvalue weighted by atomic mass is 9.79. The number of likely N-dealkylation sites (tertiary alicyclic amines) is 1. The molecule has 10 heteroatoms. The highest BCUT2D eigenvalue weighted by Gasteiger charge is 2.41. The van der Waals surface area contributed by atoms with Crippen molar-refractivity contribution >= 4 is 22.8 Å². The Kier molecular flexibility index (Phi) is 8.14. The van der Waals surface area contributed by atoms with Crippen molar-refractivity contribution in [1.29, 1.82) is 0 Å². The van der Waals surface area contributed by atoms with E-state index in [1.165, 1.54) is 0 Å². The number of hydrogen-bond acceptors (Lipinski definition) is 5. The van der Waals surface area contributed by atoms with E-state index in [4.69, 9.17) is 14.6 Å². The third-order valence-electron chi connectivity index (χ3n) is 6.27. The average Bonchev–Trinajstić information content (AvgIpc) is 3.00. The van der Waals surface area contributed by atoms with Crippen LogP contribution in [0.4, 0.5) is 13.2 Å². The molecule has 2 aliphatic rings. The Bertz CT molecular complexity index is 1010. The fraction of sp³-hybridized carbons (Fsp3) is 0.542. The topological polar surface area (TPSA) is 83.0 Å². The third-order valence-corrected chi connectivity index (χ3v) is 6.27. The maximum atomic E-state index is 13.4. The van der Waals surface area contributed by atoms with Gasteiger partial charge in [0.25, 0.3) is 5.91 Å². The zero-order chi connectivity index (χ0) is 24.9. The molecular weight excluding hydrogens is 451 g/mol. The van der Waals surface area contributed by atoms with Gasteiger partial charge in [0.1, 0.15) is 0 Å². The van der Waals surface area contributed by atoms with Crippen molar-refractivity contribution in [2.24, 2.45) is 5.41 Å². The summed E-state index contributed by atoms with van der Waals surface area (Å²) in [6.45, 7) is 9.58. The Morgan fingerprint density at radius 1 is 1.15 bits per heavy atom. The van der Waals surface area contributed by atoms with Gasteiger partial charge >= 0.3 is 12.1 Å². The molecule has 0 saturated carbocycles. The molecule has 0 radical (unpaired) electrons. The van der Waals surface area contributed by atoms with Crippen LogP contribution in [0, 0.1) is 5.41 Å². The highest BCUT2D eigenvalue weighted by molar-refractivity contribution is 6.06. The summed E-state index contributed by atoms with van der Waals surface area (Å²) in [7, 11) is 0. The number of carbonyl (C=O) groups is 2. The highest BCUT2D eigenvalue weighted by Crippen LogP contribution is 2.34. The molecule has 0 aliphatic carbocycles. The molecule has 186 valence electrons. The number of halogens is 3. The van der Waals surface area contributed by atoms with E-state index in [9.17, 15) is 18.0 Å². The Morgan fingerprint density at radius 2 is 1.88 bits per heavy atom. The molecule has 1 aromatic carbocycles. The van der Waals surface area contributed by atoms with Gasteiger partial charge < -0.3 is 14.7 Å². The van der Waals surface area contributed by atoms with E-state index in [0.29, 0.717) is 6.04 Å². The van der Waals surface area contributed by atoms with E-state index < -0.39 is 12.1 Å². The number of fused-ring (bicyclic) bond motifs is 1. The number of rotatable bonds is 2. The van der Waals surface area contributed by atoms with Crippen LogP contribution in [-0.2, 0) is 9.53 Å². The minimum absolute atomic E-state index is 0.0392. The number of hydrogen-bond donors (Lipinski definition) is 1. The summed E-state index contributed by atoms with van der Waals surface area (Å²) >= 11 is 0. The zero-order valence-electron chi connectivity index (χ0n) is 19.3. The van der Waals surface area contributed by atoms with Crippen LogP contribution in [0.5, 0.6) is 0 Å². The van der Waals surface area contributed by atoms with E-state index in [2.05, 4.69) is 23.7 Å². The van der Waals surface area contributed by atoms with Crippen LogP contribution >= 0.6 is 0 Å². The van der Waals surface area contributed by atoms with Crippen molar-refractivity contribution < 1.29 is 32.6 Å². The fourth-order valence-corrected chi connectivity index (χ4v) is 4.56. The number of piperidine rings is 1. The molecule has 1 unspecified atom stereocenters. The van der Waals surface area contributed by atoms with Gasteiger partial charge in [-0.3, -0.25) is 14.7 Å². The van der Waals surface area contributed by atoms with Crippen LogP contribution in [0.15, 0.2) is 36.5 Å². The van der Waals surface area contributed by atoms with E-state index in [1.807, 2.05) is 35.2 Å². The van der Waals surface area contributed by atoms with Crippen molar-refractivity contribution in [2.45, 2.75) is 38.9 Å². The monoisotopic (exact) mass is 481 g/mol. The zero-order valence-corrected chi connectivity index (χ0v) is 19.3. The Balaban J connectivity index is 0.000000406. The van der Waals surface area contributed by atoms with E-state index >= 15 is 0 Å². The second-order valence-corrected chi connectivity index (χ2v) is 9.13. The first-order chi connectivity index (χ1) is 16.0. The molecule has 1 aromatic heterocycles. The van der Waals surface area contributed by atoms with Gasteiger partial charge in [0.05, 0.1) is 18.7 Å². The molecule has 1 N–H and O–H groups in total. The van der Waals surface area contributed by atoms with Crippen molar-refractivity contribution in [2.75, 3.05) is 39.4 Å². The average molecular weight is 482 g/mol. The third kappa shape index (κ3) is 6.24. The highest BCUT2D eigenvalue weighted by atomic mass is 19.4. The van der Waals surface area contributed by atoms with Crippen LogP contribution in [0.3, 0.4) is 0 Å². The Hall–Kier alpha value is -2.72. The predicted molar refractivity (Wildman–Crippen MR) is 121 cm³/mol. The van der Waals surface area contributed by atoms with Gasteiger partial charge in [0.15, 0.2) is 0 Å². The van der Waals surface area contributed by atoms with Gasteiger partial charge in [0, 0.05) is 54.8 Å². The number of amides is 1. The number of pyridine rings is 1. The second kappa shape index (κ2) is 10.7. The lowest BCUT2D eigenvalue weighted by Gasteiger charge is -2.44. The number of alkyl halides is 3. The maximum absolute atomic E-state index is 13.4. The summed E-state index contributed by atoms with van der Waals surface area (Å²) < 4.78 is 37.7.